The standard InChI is InChI=1S/C52H38S/c1-2-10-37-32(9-1)17-21-44-45-28-33(19-22-46(45)52(51(37)44)35-24-30-23-31(26-35)27-36(52)25-30)49-40-12-3-5-14-42(40)50(43-15-6-4-13-41(43)49)34-18-20-39-38-11-7-8-16-47(38)53-48(39)29-34/h1-22,28-31,35-36H,23-27H2. The van der Waals surface area contributed by atoms with Crippen molar-refractivity contribution in [1.82, 2.24) is 0 Å². The smallest absolute Gasteiger partial charge is 0.0361 e. The van der Waals surface area contributed by atoms with Crippen molar-refractivity contribution in [3.8, 4) is 33.4 Å². The van der Waals surface area contributed by atoms with E-state index in [-0.39, 0.29) is 5.41 Å². The lowest BCUT2D eigenvalue weighted by Crippen LogP contribution is -2.55. The van der Waals surface area contributed by atoms with Crippen LogP contribution in [0.15, 0.2) is 146 Å². The Morgan fingerprint density at radius 3 is 1.64 bits per heavy atom. The monoisotopic (exact) mass is 694 g/mol. The minimum atomic E-state index is 0.136. The maximum Gasteiger partial charge on any atom is 0.0361 e. The van der Waals surface area contributed by atoms with Crippen LogP contribution in [-0.2, 0) is 5.41 Å². The molecular formula is C52H38S. The van der Waals surface area contributed by atoms with Crippen LogP contribution in [0.5, 0.6) is 0 Å². The minimum absolute atomic E-state index is 0.136. The molecule has 14 rings (SSSR count). The van der Waals surface area contributed by atoms with E-state index in [1.54, 1.807) is 11.1 Å². The number of rotatable bonds is 2. The Morgan fingerprint density at radius 1 is 0.415 bits per heavy atom. The number of fused-ring (bicyclic) bond motifs is 10. The topological polar surface area (TPSA) is 0 Å². The zero-order valence-corrected chi connectivity index (χ0v) is 30.4. The fourth-order valence-electron chi connectivity index (χ4n) is 12.8. The molecule has 8 aromatic carbocycles. The van der Waals surface area contributed by atoms with Gasteiger partial charge in [-0.3, -0.25) is 0 Å². The van der Waals surface area contributed by atoms with Gasteiger partial charge in [0.25, 0.3) is 0 Å². The van der Waals surface area contributed by atoms with Crippen LogP contribution >= 0.6 is 11.3 Å². The second-order valence-corrected chi connectivity index (χ2v) is 17.9. The van der Waals surface area contributed by atoms with Gasteiger partial charge in [-0.1, -0.05) is 127 Å². The van der Waals surface area contributed by atoms with Gasteiger partial charge in [-0.05, 0) is 151 Å². The molecule has 252 valence electrons. The zero-order valence-electron chi connectivity index (χ0n) is 29.6. The Labute approximate surface area is 313 Å². The highest BCUT2D eigenvalue weighted by molar-refractivity contribution is 7.25. The summed E-state index contributed by atoms with van der Waals surface area (Å²) < 4.78 is 2.70. The molecule has 0 aliphatic heterocycles. The zero-order chi connectivity index (χ0) is 34.4. The molecule has 4 saturated carbocycles. The van der Waals surface area contributed by atoms with Gasteiger partial charge < -0.3 is 0 Å². The lowest BCUT2D eigenvalue weighted by atomic mass is 9.43. The lowest BCUT2D eigenvalue weighted by Gasteiger charge is -2.61. The van der Waals surface area contributed by atoms with E-state index in [2.05, 4.69) is 146 Å². The molecule has 53 heavy (non-hydrogen) atoms. The Morgan fingerprint density at radius 2 is 0.962 bits per heavy atom. The molecular weight excluding hydrogens is 657 g/mol. The second-order valence-electron chi connectivity index (χ2n) is 16.8. The Kier molecular flexibility index (Phi) is 5.77. The molecule has 4 fully saturated rings. The Balaban J connectivity index is 1.07. The predicted molar refractivity (Wildman–Crippen MR) is 226 cm³/mol. The summed E-state index contributed by atoms with van der Waals surface area (Å²) in [6.07, 6.45) is 7.09. The van der Waals surface area contributed by atoms with Gasteiger partial charge >= 0.3 is 0 Å². The predicted octanol–water partition coefficient (Wildman–Crippen LogP) is 14.6. The van der Waals surface area contributed by atoms with E-state index in [1.165, 1.54) is 118 Å². The first-order chi connectivity index (χ1) is 26.2. The molecule has 0 atom stereocenters. The summed E-state index contributed by atoms with van der Waals surface area (Å²) in [6.45, 7) is 0. The van der Waals surface area contributed by atoms with E-state index in [4.69, 9.17) is 0 Å². The fourth-order valence-corrected chi connectivity index (χ4v) is 13.9. The molecule has 0 amide bonds. The van der Waals surface area contributed by atoms with Crippen LogP contribution in [0, 0.1) is 23.7 Å². The third kappa shape index (κ3) is 3.76. The SMILES string of the molecule is c1ccc2c3c(ccc2c1)-c1cc(-c2c4ccccc4c(-c4ccc5c(c4)sc4ccccc45)c4ccccc24)ccc1C31C2CC3CC(C2)CC1C3. The molecule has 0 N–H and O–H groups in total. The third-order valence-electron chi connectivity index (χ3n) is 14.4. The van der Waals surface area contributed by atoms with E-state index < -0.39 is 0 Å². The van der Waals surface area contributed by atoms with Gasteiger partial charge in [-0.2, -0.15) is 0 Å². The van der Waals surface area contributed by atoms with Gasteiger partial charge in [0.1, 0.15) is 0 Å². The van der Waals surface area contributed by atoms with Crippen LogP contribution in [0.3, 0.4) is 0 Å². The normalized spacial score (nSPS) is 23.9. The highest BCUT2D eigenvalue weighted by Gasteiger charge is 2.62. The molecule has 5 aliphatic rings. The van der Waals surface area contributed by atoms with Crippen LogP contribution in [0.25, 0.3) is 85.9 Å². The van der Waals surface area contributed by atoms with Crippen molar-refractivity contribution in [3.05, 3.63) is 157 Å². The van der Waals surface area contributed by atoms with Gasteiger partial charge in [-0.25, -0.2) is 0 Å². The second kappa shape index (κ2) is 10.5. The molecule has 1 aromatic heterocycles. The van der Waals surface area contributed by atoms with Crippen molar-refractivity contribution in [2.45, 2.75) is 37.5 Å². The summed E-state index contributed by atoms with van der Waals surface area (Å²) in [5.41, 5.74) is 11.7. The molecule has 1 heterocycles. The molecule has 9 aromatic rings. The Bertz CT molecular complexity index is 2940. The summed E-state index contributed by atoms with van der Waals surface area (Å²) in [5, 5.41) is 10.9. The molecule has 1 heteroatoms. The van der Waals surface area contributed by atoms with Crippen molar-refractivity contribution in [3.63, 3.8) is 0 Å². The lowest BCUT2D eigenvalue weighted by molar-refractivity contribution is -0.0393. The summed E-state index contributed by atoms with van der Waals surface area (Å²) in [7, 11) is 0. The van der Waals surface area contributed by atoms with Crippen molar-refractivity contribution >= 4 is 63.8 Å². The summed E-state index contributed by atoms with van der Waals surface area (Å²) in [6, 6.07) is 56.2. The van der Waals surface area contributed by atoms with Crippen LogP contribution < -0.4 is 0 Å². The number of benzene rings is 8. The van der Waals surface area contributed by atoms with Gasteiger partial charge in [0, 0.05) is 25.6 Å². The first-order valence-corrected chi connectivity index (χ1v) is 20.6. The van der Waals surface area contributed by atoms with Gasteiger partial charge in [0.15, 0.2) is 0 Å². The maximum atomic E-state index is 2.61. The number of thiophene rings is 1. The summed E-state index contributed by atoms with van der Waals surface area (Å²) in [4.78, 5) is 0. The van der Waals surface area contributed by atoms with Gasteiger partial charge in [-0.15, -0.1) is 11.3 Å². The van der Waals surface area contributed by atoms with E-state index in [0.29, 0.717) is 0 Å². The number of hydrogen-bond acceptors (Lipinski definition) is 1. The maximum absolute atomic E-state index is 2.61. The first kappa shape index (κ1) is 29.2. The van der Waals surface area contributed by atoms with Crippen LogP contribution in [0.4, 0.5) is 0 Å². The van der Waals surface area contributed by atoms with E-state index in [9.17, 15) is 0 Å². The largest absolute Gasteiger partial charge is 0.135 e. The minimum Gasteiger partial charge on any atom is -0.135 e. The molecule has 0 unspecified atom stereocenters. The molecule has 1 spiro atoms. The van der Waals surface area contributed by atoms with Crippen molar-refractivity contribution in [2.75, 3.05) is 0 Å². The number of hydrogen-bond donors (Lipinski definition) is 0. The van der Waals surface area contributed by atoms with Gasteiger partial charge in [0.2, 0.25) is 0 Å². The highest BCUT2D eigenvalue weighted by Crippen LogP contribution is 2.70. The van der Waals surface area contributed by atoms with Crippen LogP contribution in [-0.4, -0.2) is 0 Å². The molecule has 5 aliphatic carbocycles. The van der Waals surface area contributed by atoms with Gasteiger partial charge in [0.05, 0.1) is 0 Å². The van der Waals surface area contributed by atoms with E-state index >= 15 is 0 Å². The highest BCUT2D eigenvalue weighted by atomic mass is 32.1. The summed E-state index contributed by atoms with van der Waals surface area (Å²) in [5.74, 6) is 3.35. The van der Waals surface area contributed by atoms with Crippen molar-refractivity contribution in [2.24, 2.45) is 23.7 Å². The van der Waals surface area contributed by atoms with Crippen LogP contribution in [0.1, 0.15) is 43.2 Å². The van der Waals surface area contributed by atoms with Crippen molar-refractivity contribution < 1.29 is 0 Å². The first-order valence-electron chi connectivity index (χ1n) is 19.8. The fraction of sp³-hybridized carbons (Fsp3) is 0.192. The third-order valence-corrected chi connectivity index (χ3v) is 15.5. The summed E-state index contributed by atoms with van der Waals surface area (Å²) >= 11 is 1.91. The van der Waals surface area contributed by atoms with E-state index in [1.807, 2.05) is 11.3 Å². The van der Waals surface area contributed by atoms with E-state index in [0.717, 1.165) is 23.7 Å². The molecule has 4 bridgehead atoms. The molecule has 0 saturated heterocycles. The quantitative estimate of drug-likeness (QED) is 0.158. The Hall–Kier alpha value is -5.24. The average molecular weight is 695 g/mol. The van der Waals surface area contributed by atoms with Crippen LogP contribution in [0.2, 0.25) is 0 Å². The average Bonchev–Trinajstić information content (AvgIpc) is 3.72. The van der Waals surface area contributed by atoms with Crippen molar-refractivity contribution in [1.29, 1.82) is 0 Å². The molecule has 0 nitrogen and oxygen atoms in total. The molecule has 0 radical (unpaired) electrons.